The van der Waals surface area contributed by atoms with Crippen LogP contribution >= 0.6 is 11.6 Å². The predicted octanol–water partition coefficient (Wildman–Crippen LogP) is 5.75. The van der Waals surface area contributed by atoms with Gasteiger partial charge in [-0.1, -0.05) is 67.1 Å². The number of carbonyl (C=O) groups excluding carboxylic acids is 2. The first-order chi connectivity index (χ1) is 15.5. The van der Waals surface area contributed by atoms with E-state index in [2.05, 4.69) is 0 Å². The summed E-state index contributed by atoms with van der Waals surface area (Å²) in [5, 5.41) is 11.8. The summed E-state index contributed by atoms with van der Waals surface area (Å²) in [6.07, 6.45) is 0.820. The molecule has 2 aliphatic rings. The van der Waals surface area contributed by atoms with Crippen LogP contribution in [0, 0.1) is 11.8 Å². The van der Waals surface area contributed by atoms with Crippen LogP contribution in [0.25, 0.3) is 11.1 Å². The molecule has 162 valence electrons. The Balaban J connectivity index is 1.33. The van der Waals surface area contributed by atoms with Crippen LogP contribution in [0.1, 0.15) is 52.1 Å². The summed E-state index contributed by atoms with van der Waals surface area (Å²) in [7, 11) is 0. The van der Waals surface area contributed by atoms with Gasteiger partial charge in [0.1, 0.15) is 0 Å². The van der Waals surface area contributed by atoms with Gasteiger partial charge >= 0.3 is 0 Å². The lowest BCUT2D eigenvalue weighted by atomic mass is 9.86. The maximum atomic E-state index is 12.9. The van der Waals surface area contributed by atoms with E-state index < -0.39 is 6.10 Å². The molecule has 3 aromatic carbocycles. The Morgan fingerprint density at radius 2 is 1.38 bits per heavy atom. The molecule has 5 heteroatoms. The highest BCUT2D eigenvalue weighted by molar-refractivity contribution is 6.30. The summed E-state index contributed by atoms with van der Waals surface area (Å²) in [5.74, 6) is -0.455. The normalized spacial score (nSPS) is 23.5. The molecule has 1 aliphatic carbocycles. The van der Waals surface area contributed by atoms with Crippen molar-refractivity contribution in [3.05, 3.63) is 94.5 Å². The maximum Gasteiger partial charge on any atom is 0.261 e. The molecule has 1 heterocycles. The number of nitrogens with zero attached hydrogens (tertiary/aromatic N) is 1. The molecule has 4 atom stereocenters. The van der Waals surface area contributed by atoms with Crippen molar-refractivity contribution in [3.63, 3.8) is 0 Å². The highest BCUT2D eigenvalue weighted by Crippen LogP contribution is 2.44. The second-order valence-corrected chi connectivity index (χ2v) is 9.20. The molecule has 1 fully saturated rings. The van der Waals surface area contributed by atoms with Gasteiger partial charge in [0.05, 0.1) is 17.2 Å². The van der Waals surface area contributed by atoms with E-state index in [1.54, 1.807) is 24.3 Å². The van der Waals surface area contributed by atoms with E-state index in [-0.39, 0.29) is 29.7 Å². The molecule has 1 aliphatic heterocycles. The fourth-order valence-corrected chi connectivity index (χ4v) is 5.38. The average Bonchev–Trinajstić information content (AvgIpc) is 3.31. The number of aliphatic hydroxyl groups excluding tert-OH is 1. The van der Waals surface area contributed by atoms with Crippen LogP contribution in [-0.2, 0) is 0 Å². The number of benzene rings is 3. The van der Waals surface area contributed by atoms with Gasteiger partial charge in [-0.15, -0.1) is 0 Å². The average molecular weight is 446 g/mol. The first kappa shape index (κ1) is 20.9. The third kappa shape index (κ3) is 3.44. The first-order valence-corrected chi connectivity index (χ1v) is 11.3. The van der Waals surface area contributed by atoms with E-state index >= 15 is 0 Å². The summed E-state index contributed by atoms with van der Waals surface area (Å²) in [4.78, 5) is 27.2. The SMILES string of the molecule is C[C@@H]1[C@@H](C(O)c2ccc(-c3ccc(Cl)cc3)cc2)CC[C@H]1N1C(=O)c2ccccc2C1=O. The van der Waals surface area contributed by atoms with E-state index in [0.29, 0.717) is 22.6 Å². The second-order valence-electron chi connectivity index (χ2n) is 8.77. The van der Waals surface area contributed by atoms with Crippen molar-refractivity contribution in [2.75, 3.05) is 0 Å². The van der Waals surface area contributed by atoms with Gasteiger partial charge in [-0.2, -0.15) is 0 Å². The molecule has 0 bridgehead atoms. The fraction of sp³-hybridized carbons (Fsp3) is 0.259. The molecule has 2 amide bonds. The van der Waals surface area contributed by atoms with E-state index in [1.165, 1.54) is 4.90 Å². The Bertz CT molecular complexity index is 1140. The van der Waals surface area contributed by atoms with E-state index in [4.69, 9.17) is 11.6 Å². The van der Waals surface area contributed by atoms with E-state index in [1.807, 2.05) is 55.5 Å². The molecule has 4 nitrogen and oxygen atoms in total. The maximum absolute atomic E-state index is 12.9. The number of halogens is 1. The molecule has 1 unspecified atom stereocenters. The molecule has 0 spiro atoms. The Hall–Kier alpha value is -2.95. The zero-order valence-electron chi connectivity index (χ0n) is 17.7. The molecule has 0 aromatic heterocycles. The van der Waals surface area contributed by atoms with Gasteiger partial charge in [0.15, 0.2) is 0 Å². The Kier molecular flexibility index (Phi) is 5.36. The monoisotopic (exact) mass is 445 g/mol. The summed E-state index contributed by atoms with van der Waals surface area (Å²) < 4.78 is 0. The van der Waals surface area contributed by atoms with Crippen LogP contribution in [0.15, 0.2) is 72.8 Å². The number of hydrogen-bond acceptors (Lipinski definition) is 3. The summed E-state index contributed by atoms with van der Waals surface area (Å²) in [6.45, 7) is 2.04. The van der Waals surface area contributed by atoms with Crippen molar-refractivity contribution in [2.24, 2.45) is 11.8 Å². The molecule has 0 saturated heterocycles. The molecule has 5 rings (SSSR count). The minimum atomic E-state index is -0.649. The molecule has 3 aromatic rings. The summed E-state index contributed by atoms with van der Waals surface area (Å²) >= 11 is 5.98. The van der Waals surface area contributed by atoms with Crippen molar-refractivity contribution >= 4 is 23.4 Å². The van der Waals surface area contributed by atoms with Gasteiger partial charge in [-0.3, -0.25) is 14.5 Å². The largest absolute Gasteiger partial charge is 0.388 e. The van der Waals surface area contributed by atoms with Crippen LogP contribution in [0.4, 0.5) is 0 Å². The lowest BCUT2D eigenvalue weighted by molar-refractivity contribution is 0.0469. The van der Waals surface area contributed by atoms with Gasteiger partial charge in [-0.05, 0) is 65.6 Å². The highest BCUT2D eigenvalue weighted by atomic mass is 35.5. The van der Waals surface area contributed by atoms with Crippen LogP contribution < -0.4 is 0 Å². The molecular formula is C27H24ClNO3. The third-order valence-electron chi connectivity index (χ3n) is 7.07. The number of hydrogen-bond donors (Lipinski definition) is 1. The zero-order chi connectivity index (χ0) is 22.4. The number of amides is 2. The van der Waals surface area contributed by atoms with Crippen molar-refractivity contribution in [3.8, 4) is 11.1 Å². The number of imide groups is 1. The minimum Gasteiger partial charge on any atom is -0.388 e. The topological polar surface area (TPSA) is 57.6 Å². The Morgan fingerprint density at radius 1 is 0.844 bits per heavy atom. The van der Waals surface area contributed by atoms with Crippen LogP contribution in [0.3, 0.4) is 0 Å². The third-order valence-corrected chi connectivity index (χ3v) is 7.32. The molecular weight excluding hydrogens is 422 g/mol. The summed E-state index contributed by atoms with van der Waals surface area (Å²) in [6, 6.07) is 22.4. The van der Waals surface area contributed by atoms with E-state index in [0.717, 1.165) is 23.1 Å². The zero-order valence-corrected chi connectivity index (χ0v) is 18.5. The Labute approximate surface area is 192 Å². The lowest BCUT2D eigenvalue weighted by Crippen LogP contribution is -2.42. The smallest absolute Gasteiger partial charge is 0.261 e. The standard InChI is InChI=1S/C27H24ClNO3/c1-16-21(14-15-24(16)29-26(31)22-4-2-3-5-23(22)27(29)32)25(30)19-8-6-17(7-9-19)18-10-12-20(28)13-11-18/h2-13,16,21,24-25,30H,14-15H2,1H3/t16-,21+,24-,25?/m1/s1. The molecule has 0 radical (unpaired) electrons. The quantitative estimate of drug-likeness (QED) is 0.520. The first-order valence-electron chi connectivity index (χ1n) is 11.0. The predicted molar refractivity (Wildman–Crippen MR) is 124 cm³/mol. The Morgan fingerprint density at radius 3 is 1.94 bits per heavy atom. The molecule has 32 heavy (non-hydrogen) atoms. The van der Waals surface area contributed by atoms with Gasteiger partial charge in [0, 0.05) is 11.1 Å². The molecule has 1 N–H and O–H groups in total. The summed E-state index contributed by atoms with van der Waals surface area (Å²) in [5.41, 5.74) is 3.93. The minimum absolute atomic E-state index is 0.00292. The number of aliphatic hydroxyl groups is 1. The second kappa shape index (κ2) is 8.19. The van der Waals surface area contributed by atoms with Crippen LogP contribution in [0.5, 0.6) is 0 Å². The van der Waals surface area contributed by atoms with Crippen molar-refractivity contribution in [1.82, 2.24) is 4.90 Å². The van der Waals surface area contributed by atoms with Gasteiger partial charge in [0.2, 0.25) is 0 Å². The van der Waals surface area contributed by atoms with Crippen LogP contribution in [0.2, 0.25) is 5.02 Å². The fourth-order valence-electron chi connectivity index (χ4n) is 5.26. The van der Waals surface area contributed by atoms with Crippen molar-refractivity contribution in [1.29, 1.82) is 0 Å². The number of carbonyl (C=O) groups is 2. The number of fused-ring (bicyclic) bond motifs is 1. The van der Waals surface area contributed by atoms with E-state index in [9.17, 15) is 14.7 Å². The van der Waals surface area contributed by atoms with Crippen molar-refractivity contribution < 1.29 is 14.7 Å². The van der Waals surface area contributed by atoms with Crippen molar-refractivity contribution in [2.45, 2.75) is 31.9 Å². The van der Waals surface area contributed by atoms with Gasteiger partial charge in [0.25, 0.3) is 11.8 Å². The van der Waals surface area contributed by atoms with Gasteiger partial charge in [-0.25, -0.2) is 0 Å². The van der Waals surface area contributed by atoms with Crippen LogP contribution in [-0.4, -0.2) is 27.9 Å². The molecule has 1 saturated carbocycles. The van der Waals surface area contributed by atoms with Gasteiger partial charge < -0.3 is 5.11 Å². The lowest BCUT2D eigenvalue weighted by Gasteiger charge is -2.30. The highest BCUT2D eigenvalue weighted by Gasteiger charge is 2.47. The number of rotatable bonds is 4.